The van der Waals surface area contributed by atoms with E-state index in [9.17, 15) is 13.2 Å². The zero-order chi connectivity index (χ0) is 24.2. The molecule has 0 aliphatic carbocycles. The van der Waals surface area contributed by atoms with E-state index in [2.05, 4.69) is 13.8 Å². The molecule has 0 radical (unpaired) electrons. The van der Waals surface area contributed by atoms with Crippen molar-refractivity contribution in [3.05, 3.63) is 47.5 Å². The van der Waals surface area contributed by atoms with Gasteiger partial charge in [0.2, 0.25) is 10.0 Å². The fourth-order valence-electron chi connectivity index (χ4n) is 3.94. The first kappa shape index (κ1) is 25.1. The van der Waals surface area contributed by atoms with Crippen molar-refractivity contribution in [2.24, 2.45) is 5.92 Å². The monoisotopic (exact) mass is 474 g/mol. The number of carbonyl (C=O) groups excluding carboxylic acids is 1. The topological polar surface area (TPSA) is 76.2 Å². The fourth-order valence-corrected chi connectivity index (χ4v) is 5.45. The number of hydrogen-bond donors (Lipinski definition) is 0. The molecule has 0 saturated heterocycles. The Morgan fingerprint density at radius 1 is 1.09 bits per heavy atom. The van der Waals surface area contributed by atoms with Gasteiger partial charge in [-0.15, -0.1) is 0 Å². The second-order valence-corrected chi connectivity index (χ2v) is 10.4. The number of fused-ring (bicyclic) bond motifs is 1. The van der Waals surface area contributed by atoms with Crippen LogP contribution in [0.5, 0.6) is 11.5 Å². The lowest BCUT2D eigenvalue weighted by atomic mass is 10.1. The van der Waals surface area contributed by atoms with Crippen LogP contribution in [0.1, 0.15) is 50.0 Å². The zero-order valence-corrected chi connectivity index (χ0v) is 20.9. The maximum absolute atomic E-state index is 13.3. The largest absolute Gasteiger partial charge is 0.493 e. The molecule has 7 nitrogen and oxygen atoms in total. The number of carbonyl (C=O) groups is 1. The van der Waals surface area contributed by atoms with Crippen LogP contribution in [0.3, 0.4) is 0 Å². The fraction of sp³-hybridized carbons (Fsp3) is 0.480. The molecule has 8 heteroatoms. The van der Waals surface area contributed by atoms with Crippen LogP contribution in [0.4, 0.5) is 5.69 Å². The highest BCUT2D eigenvalue weighted by Crippen LogP contribution is 2.34. The van der Waals surface area contributed by atoms with Gasteiger partial charge < -0.3 is 14.4 Å². The van der Waals surface area contributed by atoms with Crippen molar-refractivity contribution in [1.82, 2.24) is 4.31 Å². The van der Waals surface area contributed by atoms with Crippen LogP contribution in [-0.4, -0.2) is 52.0 Å². The van der Waals surface area contributed by atoms with Gasteiger partial charge in [-0.2, -0.15) is 4.31 Å². The summed E-state index contributed by atoms with van der Waals surface area (Å²) in [5.74, 6) is 1.52. The molecule has 0 saturated carbocycles. The summed E-state index contributed by atoms with van der Waals surface area (Å²) in [6.07, 6.45) is 1.54. The summed E-state index contributed by atoms with van der Waals surface area (Å²) >= 11 is 0. The van der Waals surface area contributed by atoms with Crippen molar-refractivity contribution in [1.29, 1.82) is 0 Å². The third kappa shape index (κ3) is 5.33. The summed E-state index contributed by atoms with van der Waals surface area (Å²) in [4.78, 5) is 15.2. The van der Waals surface area contributed by atoms with E-state index in [0.29, 0.717) is 55.6 Å². The highest BCUT2D eigenvalue weighted by molar-refractivity contribution is 7.89. The first-order valence-corrected chi connectivity index (χ1v) is 12.9. The van der Waals surface area contributed by atoms with Crippen LogP contribution < -0.4 is 14.4 Å². The summed E-state index contributed by atoms with van der Waals surface area (Å²) in [5, 5.41) is 0. The van der Waals surface area contributed by atoms with Gasteiger partial charge in [0.05, 0.1) is 18.6 Å². The molecule has 0 atom stereocenters. The van der Waals surface area contributed by atoms with Crippen molar-refractivity contribution in [3.8, 4) is 11.5 Å². The Morgan fingerprint density at radius 3 is 2.45 bits per heavy atom. The molecule has 0 N–H and O–H groups in total. The Hall–Kier alpha value is -2.58. The molecule has 2 aromatic carbocycles. The smallest absolute Gasteiger partial charge is 0.258 e. The molecule has 1 heterocycles. The van der Waals surface area contributed by atoms with Crippen molar-refractivity contribution in [2.45, 2.75) is 45.4 Å². The van der Waals surface area contributed by atoms with Crippen molar-refractivity contribution >= 4 is 21.6 Å². The Labute approximate surface area is 197 Å². The first-order chi connectivity index (χ1) is 15.7. The summed E-state index contributed by atoms with van der Waals surface area (Å²) in [7, 11) is -1.98. The Balaban J connectivity index is 1.82. The van der Waals surface area contributed by atoms with Gasteiger partial charge in [0.15, 0.2) is 11.5 Å². The molecule has 1 aliphatic heterocycles. The number of rotatable bonds is 10. The average molecular weight is 475 g/mol. The third-order valence-electron chi connectivity index (χ3n) is 5.90. The number of sulfonamides is 1. The van der Waals surface area contributed by atoms with Gasteiger partial charge in [0.25, 0.3) is 5.91 Å². The van der Waals surface area contributed by atoms with Crippen LogP contribution >= 0.6 is 0 Å². The van der Waals surface area contributed by atoms with E-state index in [1.165, 1.54) is 4.31 Å². The lowest BCUT2D eigenvalue weighted by Crippen LogP contribution is -2.30. The minimum atomic E-state index is -3.54. The van der Waals surface area contributed by atoms with Crippen molar-refractivity contribution < 1.29 is 22.7 Å². The van der Waals surface area contributed by atoms with Gasteiger partial charge >= 0.3 is 0 Å². The van der Waals surface area contributed by atoms with Gasteiger partial charge in [-0.05, 0) is 60.7 Å². The maximum Gasteiger partial charge on any atom is 0.258 e. The van der Waals surface area contributed by atoms with Crippen LogP contribution in [0, 0.1) is 5.92 Å². The summed E-state index contributed by atoms with van der Waals surface area (Å²) in [6, 6.07) is 10.2. The van der Waals surface area contributed by atoms with Gasteiger partial charge in [0.1, 0.15) is 0 Å². The minimum Gasteiger partial charge on any atom is -0.493 e. The van der Waals surface area contributed by atoms with E-state index in [-0.39, 0.29) is 10.8 Å². The highest BCUT2D eigenvalue weighted by Gasteiger charge is 2.29. The quantitative estimate of drug-likeness (QED) is 0.512. The predicted octanol–water partition coefficient (Wildman–Crippen LogP) is 4.35. The molecular weight excluding hydrogens is 440 g/mol. The van der Waals surface area contributed by atoms with E-state index in [0.717, 1.165) is 17.7 Å². The van der Waals surface area contributed by atoms with Gasteiger partial charge in [0, 0.05) is 30.9 Å². The standard InChI is InChI=1S/C25H34N2O5S/c1-6-26(7-2)33(29,30)21-9-10-22-19(16-21)12-14-27(22)25(28)20-8-11-23(24(17-20)31-5)32-15-13-18(3)4/h8-11,16-18H,6-7,12-15H2,1-5H3. The SMILES string of the molecule is CCN(CC)S(=O)(=O)c1ccc2c(c1)CCN2C(=O)c1ccc(OCCC(C)C)c(OC)c1. The van der Waals surface area contributed by atoms with E-state index < -0.39 is 10.0 Å². The molecule has 3 rings (SSSR count). The number of amides is 1. The van der Waals surface area contributed by atoms with Crippen LogP contribution in [0.15, 0.2) is 41.3 Å². The molecule has 2 aromatic rings. The molecule has 0 bridgehead atoms. The van der Waals surface area contributed by atoms with Gasteiger partial charge in [-0.1, -0.05) is 27.7 Å². The van der Waals surface area contributed by atoms with Crippen molar-refractivity contribution in [2.75, 3.05) is 38.3 Å². The number of methoxy groups -OCH3 is 1. The van der Waals surface area contributed by atoms with Crippen molar-refractivity contribution in [3.63, 3.8) is 0 Å². The molecular formula is C25H34N2O5S. The molecule has 1 aliphatic rings. The van der Waals surface area contributed by atoms with Gasteiger partial charge in [-0.3, -0.25) is 4.79 Å². The molecule has 180 valence electrons. The lowest BCUT2D eigenvalue weighted by Gasteiger charge is -2.20. The van der Waals surface area contributed by atoms with E-state index in [1.54, 1.807) is 48.4 Å². The number of benzene rings is 2. The Morgan fingerprint density at radius 2 is 1.82 bits per heavy atom. The summed E-state index contributed by atoms with van der Waals surface area (Å²) < 4.78 is 38.4. The van der Waals surface area contributed by atoms with Gasteiger partial charge in [-0.25, -0.2) is 8.42 Å². The molecule has 0 fully saturated rings. The second-order valence-electron chi connectivity index (χ2n) is 8.48. The number of anilines is 1. The highest BCUT2D eigenvalue weighted by atomic mass is 32.2. The Kier molecular flexibility index (Phi) is 8.02. The zero-order valence-electron chi connectivity index (χ0n) is 20.1. The van der Waals surface area contributed by atoms with Crippen LogP contribution in [0.2, 0.25) is 0 Å². The molecule has 0 unspecified atom stereocenters. The van der Waals surface area contributed by atoms with Crippen LogP contribution in [-0.2, 0) is 16.4 Å². The Bertz CT molecular complexity index is 1090. The average Bonchev–Trinajstić information content (AvgIpc) is 3.22. The minimum absolute atomic E-state index is 0.153. The van der Waals surface area contributed by atoms with E-state index in [1.807, 2.05) is 13.8 Å². The third-order valence-corrected chi connectivity index (χ3v) is 7.94. The van der Waals surface area contributed by atoms with Crippen LogP contribution in [0.25, 0.3) is 0 Å². The number of nitrogens with zero attached hydrogens (tertiary/aromatic N) is 2. The maximum atomic E-state index is 13.3. The predicted molar refractivity (Wildman–Crippen MR) is 130 cm³/mol. The lowest BCUT2D eigenvalue weighted by molar-refractivity contribution is 0.0989. The van der Waals surface area contributed by atoms with E-state index in [4.69, 9.17) is 9.47 Å². The number of ether oxygens (including phenoxy) is 2. The summed E-state index contributed by atoms with van der Waals surface area (Å²) in [5.41, 5.74) is 2.10. The molecule has 1 amide bonds. The molecule has 0 spiro atoms. The molecule has 33 heavy (non-hydrogen) atoms. The normalized spacial score (nSPS) is 13.5. The van der Waals surface area contributed by atoms with E-state index >= 15 is 0 Å². The number of hydrogen-bond acceptors (Lipinski definition) is 5. The molecule has 0 aromatic heterocycles. The summed E-state index contributed by atoms with van der Waals surface area (Å²) in [6.45, 7) is 9.83. The first-order valence-electron chi connectivity index (χ1n) is 11.5. The second kappa shape index (κ2) is 10.6.